The number of hydrogen-bond donors (Lipinski definition) is 3. The van der Waals surface area contributed by atoms with Gasteiger partial charge >= 0.3 is 5.69 Å². The number of rotatable bonds is 11. The van der Waals surface area contributed by atoms with E-state index in [0.29, 0.717) is 11.7 Å². The summed E-state index contributed by atoms with van der Waals surface area (Å²) in [5.74, 6) is -0.340. The zero-order valence-electron chi connectivity index (χ0n) is 19.6. The number of hydrogen-bond acceptors (Lipinski definition) is 8. The number of carbonyl (C=O) groups excluding carboxylic acids is 1. The number of aryl methyl sites for hydroxylation is 1. The van der Waals surface area contributed by atoms with Crippen molar-refractivity contribution < 1.29 is 9.53 Å². The van der Waals surface area contributed by atoms with E-state index in [1.807, 2.05) is 43.5 Å². The minimum absolute atomic E-state index is 0.0296. The first kappa shape index (κ1) is 25.2. The Morgan fingerprint density at radius 1 is 1.29 bits per heavy atom. The fourth-order valence-electron chi connectivity index (χ4n) is 3.41. The minimum Gasteiger partial charge on any atom is -0.383 e. The normalized spacial score (nSPS) is 10.9. The molecule has 2 heterocycles. The summed E-state index contributed by atoms with van der Waals surface area (Å²) in [5, 5.41) is 5.10. The molecule has 0 aliphatic heterocycles. The molecule has 10 nitrogen and oxygen atoms in total. The Morgan fingerprint density at radius 3 is 2.71 bits per heavy atom. The Labute approximate surface area is 201 Å². The molecule has 0 fully saturated rings. The Hall–Kier alpha value is -3.44. The molecule has 11 heteroatoms. The summed E-state index contributed by atoms with van der Waals surface area (Å²) < 4.78 is 6.47. The molecule has 0 bridgehead atoms. The third-order valence-electron chi connectivity index (χ3n) is 5.26. The molecule has 0 atom stereocenters. The summed E-state index contributed by atoms with van der Waals surface area (Å²) in [4.78, 5) is 46.1. The van der Waals surface area contributed by atoms with Crippen LogP contribution < -0.4 is 27.2 Å². The average Bonchev–Trinajstić information content (AvgIpc) is 3.25. The summed E-state index contributed by atoms with van der Waals surface area (Å²) in [6, 6.07) is 7.96. The monoisotopic (exact) mass is 486 g/mol. The first-order valence-electron chi connectivity index (χ1n) is 11.0. The smallest absolute Gasteiger partial charge is 0.330 e. The highest BCUT2D eigenvalue weighted by atomic mass is 32.1. The number of aromatic nitrogens is 3. The molecule has 1 aromatic carbocycles. The maximum absolute atomic E-state index is 12.8. The number of aromatic amines is 1. The van der Waals surface area contributed by atoms with Gasteiger partial charge in [-0.3, -0.25) is 19.1 Å². The number of carbonyl (C=O) groups is 1. The number of thiazole rings is 1. The van der Waals surface area contributed by atoms with Crippen molar-refractivity contribution in [1.82, 2.24) is 14.5 Å². The van der Waals surface area contributed by atoms with Crippen LogP contribution in [-0.2, 0) is 16.1 Å². The highest BCUT2D eigenvalue weighted by molar-refractivity contribution is 7.14. The number of nitrogens with one attached hydrogen (secondary N) is 2. The predicted octanol–water partition coefficient (Wildman–Crippen LogP) is 2.44. The molecule has 4 N–H and O–H groups in total. The maximum Gasteiger partial charge on any atom is 0.330 e. The van der Waals surface area contributed by atoms with Crippen LogP contribution in [0.3, 0.4) is 0 Å². The largest absolute Gasteiger partial charge is 0.383 e. The fourth-order valence-corrected chi connectivity index (χ4v) is 4.15. The van der Waals surface area contributed by atoms with E-state index in [4.69, 9.17) is 10.5 Å². The lowest BCUT2D eigenvalue weighted by atomic mass is 10.1. The second kappa shape index (κ2) is 11.6. The molecule has 0 radical (unpaired) electrons. The lowest BCUT2D eigenvalue weighted by molar-refractivity contribution is -0.115. The maximum atomic E-state index is 12.8. The summed E-state index contributed by atoms with van der Waals surface area (Å²) in [5.41, 5.74) is 7.96. The minimum atomic E-state index is -0.643. The van der Waals surface area contributed by atoms with Crippen LogP contribution in [0.15, 0.2) is 39.2 Å². The number of amides is 1. The first-order valence-corrected chi connectivity index (χ1v) is 11.9. The van der Waals surface area contributed by atoms with Gasteiger partial charge in [-0.25, -0.2) is 9.78 Å². The van der Waals surface area contributed by atoms with Gasteiger partial charge in [0, 0.05) is 31.1 Å². The molecule has 0 spiro atoms. The van der Waals surface area contributed by atoms with Crippen molar-refractivity contribution >= 4 is 33.9 Å². The van der Waals surface area contributed by atoms with Gasteiger partial charge in [-0.05, 0) is 13.3 Å². The van der Waals surface area contributed by atoms with Crippen molar-refractivity contribution in [1.29, 1.82) is 0 Å². The second-order valence-electron chi connectivity index (χ2n) is 7.86. The second-order valence-corrected chi connectivity index (χ2v) is 8.72. The SMILES string of the molecule is CCCCn1c(N)c(N(CCOC)CC(=O)Nc2nc(-c3ccc(C)cc3)cs2)c(=O)[nH]c1=O. The molecule has 0 saturated heterocycles. The molecule has 2 aromatic heterocycles. The number of nitrogens with two attached hydrogens (primary N) is 1. The zero-order chi connectivity index (χ0) is 24.7. The van der Waals surface area contributed by atoms with Crippen LogP contribution in [0.4, 0.5) is 16.6 Å². The van der Waals surface area contributed by atoms with Gasteiger partial charge in [0.1, 0.15) is 11.5 Å². The first-order chi connectivity index (χ1) is 16.3. The Balaban J connectivity index is 1.81. The van der Waals surface area contributed by atoms with Gasteiger partial charge in [-0.1, -0.05) is 43.2 Å². The standard InChI is InChI=1S/C23H30N6O4S/c1-4-5-10-29-20(24)19(21(31)27-23(29)32)28(11-12-33-3)13-18(30)26-22-25-17(14-34-22)16-8-6-15(2)7-9-16/h6-9,14H,4-5,10-13,24H2,1-3H3,(H,25,26,30)(H,27,31,32). The van der Waals surface area contributed by atoms with Gasteiger partial charge in [0.2, 0.25) is 5.91 Å². The summed E-state index contributed by atoms with van der Waals surface area (Å²) in [6.07, 6.45) is 1.58. The number of methoxy groups -OCH3 is 1. The van der Waals surface area contributed by atoms with Crippen LogP contribution in [0.25, 0.3) is 11.3 Å². The third-order valence-corrected chi connectivity index (χ3v) is 6.02. The van der Waals surface area contributed by atoms with E-state index in [9.17, 15) is 14.4 Å². The van der Waals surface area contributed by atoms with Crippen LogP contribution in [-0.4, -0.2) is 47.2 Å². The van der Waals surface area contributed by atoms with Crippen molar-refractivity contribution in [2.24, 2.45) is 0 Å². The van der Waals surface area contributed by atoms with E-state index in [0.717, 1.165) is 29.7 Å². The number of anilines is 3. The molecule has 3 aromatic rings. The molecule has 1 amide bonds. The van der Waals surface area contributed by atoms with Gasteiger partial charge < -0.3 is 20.7 Å². The number of benzene rings is 1. The van der Waals surface area contributed by atoms with Gasteiger partial charge in [-0.15, -0.1) is 11.3 Å². The molecule has 34 heavy (non-hydrogen) atoms. The van der Waals surface area contributed by atoms with Gasteiger partial charge in [0.25, 0.3) is 5.56 Å². The van der Waals surface area contributed by atoms with Crippen LogP contribution in [0.5, 0.6) is 0 Å². The van der Waals surface area contributed by atoms with Crippen LogP contribution in [0.1, 0.15) is 25.3 Å². The molecule has 0 aliphatic rings. The number of nitrogens with zero attached hydrogens (tertiary/aromatic N) is 3. The highest BCUT2D eigenvalue weighted by Crippen LogP contribution is 2.25. The summed E-state index contributed by atoms with van der Waals surface area (Å²) in [7, 11) is 1.52. The van der Waals surface area contributed by atoms with Crippen molar-refractivity contribution in [2.45, 2.75) is 33.2 Å². The number of ether oxygens (including phenoxy) is 1. The van der Waals surface area contributed by atoms with E-state index < -0.39 is 11.2 Å². The summed E-state index contributed by atoms with van der Waals surface area (Å²) >= 11 is 1.31. The topological polar surface area (TPSA) is 135 Å². The lowest BCUT2D eigenvalue weighted by Gasteiger charge is -2.25. The van der Waals surface area contributed by atoms with Crippen molar-refractivity contribution in [3.05, 3.63) is 56.0 Å². The third kappa shape index (κ3) is 6.12. The van der Waals surface area contributed by atoms with Crippen LogP contribution in [0.2, 0.25) is 0 Å². The average molecular weight is 487 g/mol. The number of unbranched alkanes of at least 4 members (excludes halogenated alkanes) is 1. The number of H-pyrrole nitrogens is 1. The number of nitrogen functional groups attached to an aromatic ring is 1. The van der Waals surface area contributed by atoms with Crippen molar-refractivity contribution in [2.75, 3.05) is 42.8 Å². The molecular weight excluding hydrogens is 456 g/mol. The van der Waals surface area contributed by atoms with Crippen molar-refractivity contribution in [3.63, 3.8) is 0 Å². The van der Waals surface area contributed by atoms with E-state index in [2.05, 4.69) is 15.3 Å². The molecule has 182 valence electrons. The van der Waals surface area contributed by atoms with Gasteiger partial charge in [0.15, 0.2) is 5.13 Å². The van der Waals surface area contributed by atoms with E-state index in [-0.39, 0.29) is 37.1 Å². The Kier molecular flexibility index (Phi) is 8.61. The molecule has 0 unspecified atom stereocenters. The fraction of sp³-hybridized carbons (Fsp3) is 0.391. The van der Waals surface area contributed by atoms with Crippen molar-refractivity contribution in [3.8, 4) is 11.3 Å². The zero-order valence-corrected chi connectivity index (χ0v) is 20.4. The van der Waals surface area contributed by atoms with E-state index in [1.165, 1.54) is 27.9 Å². The van der Waals surface area contributed by atoms with Gasteiger partial charge in [0.05, 0.1) is 18.8 Å². The van der Waals surface area contributed by atoms with Crippen LogP contribution >= 0.6 is 11.3 Å². The molecule has 3 rings (SSSR count). The Bertz CT molecular complexity index is 1230. The van der Waals surface area contributed by atoms with E-state index in [1.54, 1.807) is 0 Å². The predicted molar refractivity (Wildman–Crippen MR) is 136 cm³/mol. The Morgan fingerprint density at radius 2 is 2.03 bits per heavy atom. The van der Waals surface area contributed by atoms with Gasteiger partial charge in [-0.2, -0.15) is 0 Å². The lowest BCUT2D eigenvalue weighted by Crippen LogP contribution is -2.42. The molecular formula is C23H30N6O4S. The molecule has 0 aliphatic carbocycles. The molecule has 0 saturated carbocycles. The summed E-state index contributed by atoms with van der Waals surface area (Å²) in [6.45, 7) is 4.70. The van der Waals surface area contributed by atoms with Crippen LogP contribution in [0, 0.1) is 6.92 Å². The van der Waals surface area contributed by atoms with E-state index >= 15 is 0 Å². The highest BCUT2D eigenvalue weighted by Gasteiger charge is 2.21. The quantitative estimate of drug-likeness (QED) is 0.379.